The molecule has 0 spiro atoms. The SMILES string of the molecule is CC(C)c1ccc2oc3nc(-c4[c-]ccc5c4C(C)(C)c4c-5oc5ccccc45)ccc3c2c1.CCC(C)(CC)C(=O)/C=C(\O)C(C)(CC)CC.[Ir]. The number of ketones is 1. The molecule has 7 rings (SSSR count). The maximum Gasteiger partial charge on any atom is 0.218 e. The summed E-state index contributed by atoms with van der Waals surface area (Å²) in [6.07, 6.45) is 4.75. The van der Waals surface area contributed by atoms with E-state index in [0.717, 1.165) is 70.2 Å². The third-order valence-corrected chi connectivity index (χ3v) is 12.0. The molecule has 5 nitrogen and oxygen atoms in total. The fourth-order valence-electron chi connectivity index (χ4n) is 7.38. The summed E-state index contributed by atoms with van der Waals surface area (Å²) in [6.45, 7) is 21.0. The average Bonchev–Trinajstić information content (AvgIpc) is 3.78. The van der Waals surface area contributed by atoms with Crippen molar-refractivity contribution in [3.8, 4) is 22.6 Å². The molecule has 0 fully saturated rings. The minimum Gasteiger partial charge on any atom is -0.512 e. The minimum absolute atomic E-state index is 0. The van der Waals surface area contributed by atoms with Gasteiger partial charge in [-0.15, -0.1) is 29.3 Å². The summed E-state index contributed by atoms with van der Waals surface area (Å²) >= 11 is 0. The standard InChI is InChI=1S/C31H24NO2.C15H28O2.Ir/c1-17(2)18-12-15-26-23(16-18)19-13-14-24(32-30(19)34-26)20-9-7-10-22-27(20)31(3,4)28-21-8-5-6-11-25(21)33-29(22)28;1-7-14(5,8-2)12(16)11-13(17)15(6,9-3)10-4;/h5-8,10-17H,1-4H3;11,16H,7-10H2,1-6H3;/q-1;;/b;12-11-;. The fourth-order valence-corrected chi connectivity index (χ4v) is 7.38. The zero-order chi connectivity index (χ0) is 36.9. The van der Waals surface area contributed by atoms with E-state index in [1.165, 1.54) is 28.2 Å². The Hall–Kier alpha value is -3.99. The van der Waals surface area contributed by atoms with Crippen LogP contribution < -0.4 is 0 Å². The number of aromatic nitrogens is 1. The second-order valence-electron chi connectivity index (χ2n) is 15.6. The minimum atomic E-state index is -0.337. The number of hydrogen-bond donors (Lipinski definition) is 1. The number of benzene rings is 3. The Bertz CT molecular complexity index is 2280. The number of aliphatic hydroxyl groups is 1. The molecule has 1 aliphatic carbocycles. The Morgan fingerprint density at radius 3 is 2.15 bits per heavy atom. The van der Waals surface area contributed by atoms with Gasteiger partial charge in [0.1, 0.15) is 22.7 Å². The summed E-state index contributed by atoms with van der Waals surface area (Å²) in [7, 11) is 0. The molecule has 0 bridgehead atoms. The number of fused-ring (bicyclic) bond motifs is 8. The van der Waals surface area contributed by atoms with Crippen molar-refractivity contribution in [2.24, 2.45) is 10.8 Å². The molecule has 6 heteroatoms. The van der Waals surface area contributed by atoms with Crippen LogP contribution in [0, 0.1) is 16.9 Å². The van der Waals surface area contributed by atoms with Gasteiger partial charge in [-0.05, 0) is 66.5 Å². The summed E-state index contributed by atoms with van der Waals surface area (Å²) in [5.74, 6) is 1.71. The number of carbonyl (C=O) groups excluding carboxylic acids is 1. The van der Waals surface area contributed by atoms with Crippen LogP contribution in [0.2, 0.25) is 0 Å². The molecule has 1 N–H and O–H groups in total. The number of pyridine rings is 1. The summed E-state index contributed by atoms with van der Waals surface area (Å²) < 4.78 is 12.5. The van der Waals surface area contributed by atoms with Crippen LogP contribution in [0.3, 0.4) is 0 Å². The van der Waals surface area contributed by atoms with E-state index in [1.54, 1.807) is 0 Å². The van der Waals surface area contributed by atoms with Crippen molar-refractivity contribution in [1.29, 1.82) is 0 Å². The first-order valence-electron chi connectivity index (χ1n) is 18.6. The van der Waals surface area contributed by atoms with Crippen LogP contribution in [0.1, 0.15) is 118 Å². The van der Waals surface area contributed by atoms with Crippen molar-refractivity contribution >= 4 is 38.8 Å². The molecule has 275 valence electrons. The molecule has 1 aliphatic rings. The zero-order valence-electron chi connectivity index (χ0n) is 32.3. The molecule has 3 heterocycles. The third-order valence-electron chi connectivity index (χ3n) is 12.0. The van der Waals surface area contributed by atoms with Gasteiger partial charge in [-0.2, -0.15) is 0 Å². The van der Waals surface area contributed by atoms with Gasteiger partial charge in [0.15, 0.2) is 5.78 Å². The quantitative estimate of drug-likeness (QED) is 0.0889. The van der Waals surface area contributed by atoms with Crippen LogP contribution in [0.15, 0.2) is 87.4 Å². The predicted molar refractivity (Wildman–Crippen MR) is 210 cm³/mol. The molecule has 1 radical (unpaired) electrons. The summed E-state index contributed by atoms with van der Waals surface area (Å²) in [5, 5.41) is 13.5. The second-order valence-corrected chi connectivity index (χ2v) is 15.6. The molecule has 0 aliphatic heterocycles. The Balaban J connectivity index is 0.000000250. The maximum atomic E-state index is 12.2. The molecule has 3 aromatic carbocycles. The van der Waals surface area contributed by atoms with Gasteiger partial charge in [-0.3, -0.25) is 9.78 Å². The molecule has 0 saturated carbocycles. The molecular formula is C46H52IrNO4-. The average molecular weight is 875 g/mol. The van der Waals surface area contributed by atoms with Crippen LogP contribution in [-0.4, -0.2) is 15.9 Å². The molecule has 52 heavy (non-hydrogen) atoms. The molecule has 0 atom stereocenters. The van der Waals surface area contributed by atoms with E-state index >= 15 is 0 Å². The first-order valence-corrected chi connectivity index (χ1v) is 18.6. The van der Waals surface area contributed by atoms with Gasteiger partial charge < -0.3 is 13.9 Å². The van der Waals surface area contributed by atoms with Gasteiger partial charge in [0.25, 0.3) is 0 Å². The molecule has 3 aromatic heterocycles. The van der Waals surface area contributed by atoms with E-state index in [1.807, 2.05) is 59.7 Å². The van der Waals surface area contributed by atoms with E-state index in [2.05, 4.69) is 82.3 Å². The van der Waals surface area contributed by atoms with Crippen LogP contribution in [0.5, 0.6) is 0 Å². The first kappa shape index (κ1) is 39.2. The first-order chi connectivity index (χ1) is 24.2. The van der Waals surface area contributed by atoms with E-state index in [4.69, 9.17) is 13.8 Å². The Morgan fingerprint density at radius 1 is 0.846 bits per heavy atom. The number of furan rings is 2. The van der Waals surface area contributed by atoms with Crippen LogP contribution >= 0.6 is 0 Å². The predicted octanol–water partition coefficient (Wildman–Crippen LogP) is 13.3. The summed E-state index contributed by atoms with van der Waals surface area (Å²) in [4.78, 5) is 17.2. The van der Waals surface area contributed by atoms with E-state index < -0.39 is 0 Å². The van der Waals surface area contributed by atoms with Gasteiger partial charge in [-0.1, -0.05) is 111 Å². The van der Waals surface area contributed by atoms with E-state index in [-0.39, 0.29) is 47.9 Å². The molecular weight excluding hydrogens is 823 g/mol. The molecule has 0 amide bonds. The zero-order valence-corrected chi connectivity index (χ0v) is 34.7. The Kier molecular flexibility index (Phi) is 11.2. The fraction of sp³-hybridized carbons (Fsp3) is 0.391. The normalized spacial score (nSPS) is 13.9. The third kappa shape index (κ3) is 6.58. The van der Waals surface area contributed by atoms with Crippen molar-refractivity contribution in [2.45, 2.75) is 106 Å². The number of allylic oxidation sites excluding steroid dienone is 2. The van der Waals surface area contributed by atoms with Gasteiger partial charge in [0.2, 0.25) is 5.71 Å². The number of rotatable bonds is 9. The van der Waals surface area contributed by atoms with Gasteiger partial charge in [0, 0.05) is 58.7 Å². The topological polar surface area (TPSA) is 76.5 Å². The van der Waals surface area contributed by atoms with Crippen molar-refractivity contribution < 1.29 is 38.8 Å². The second kappa shape index (κ2) is 14.8. The monoisotopic (exact) mass is 875 g/mol. The van der Waals surface area contributed by atoms with E-state index in [0.29, 0.717) is 11.6 Å². The van der Waals surface area contributed by atoms with Crippen molar-refractivity contribution in [1.82, 2.24) is 4.98 Å². The number of nitrogens with zero attached hydrogens (tertiary/aromatic N) is 1. The van der Waals surface area contributed by atoms with Crippen molar-refractivity contribution in [3.05, 3.63) is 101 Å². The van der Waals surface area contributed by atoms with Gasteiger partial charge >= 0.3 is 0 Å². The van der Waals surface area contributed by atoms with Crippen molar-refractivity contribution in [2.75, 3.05) is 0 Å². The van der Waals surface area contributed by atoms with E-state index in [9.17, 15) is 9.90 Å². The van der Waals surface area contributed by atoms with Crippen molar-refractivity contribution in [3.63, 3.8) is 0 Å². The number of aliphatic hydroxyl groups excluding tert-OH is 1. The number of carbonyl (C=O) groups is 1. The number of hydrogen-bond acceptors (Lipinski definition) is 5. The van der Waals surface area contributed by atoms with Crippen LogP contribution in [0.25, 0.3) is 55.6 Å². The summed E-state index contributed by atoms with van der Waals surface area (Å²) in [6, 6.07) is 26.5. The Morgan fingerprint density at radius 2 is 1.50 bits per heavy atom. The molecule has 0 saturated heterocycles. The maximum absolute atomic E-state index is 12.2. The van der Waals surface area contributed by atoms with Gasteiger partial charge in [-0.25, -0.2) is 0 Å². The number of para-hydroxylation sites is 1. The van der Waals surface area contributed by atoms with Crippen LogP contribution in [0.4, 0.5) is 0 Å². The molecule has 6 aromatic rings. The largest absolute Gasteiger partial charge is 0.512 e. The summed E-state index contributed by atoms with van der Waals surface area (Å²) in [5.41, 5.74) is 8.38. The van der Waals surface area contributed by atoms with Gasteiger partial charge in [0.05, 0.1) is 0 Å². The molecule has 0 unspecified atom stereocenters. The smallest absolute Gasteiger partial charge is 0.218 e. The Labute approximate surface area is 322 Å². The van der Waals surface area contributed by atoms with Crippen LogP contribution in [-0.2, 0) is 30.3 Å².